The molecule has 1 heterocycles. The van der Waals surface area contributed by atoms with E-state index in [4.69, 9.17) is 16.0 Å². The van der Waals surface area contributed by atoms with Crippen molar-refractivity contribution in [2.45, 2.75) is 25.1 Å². The Morgan fingerprint density at radius 2 is 1.94 bits per heavy atom. The van der Waals surface area contributed by atoms with E-state index in [0.717, 1.165) is 24.3 Å². The van der Waals surface area contributed by atoms with Gasteiger partial charge in [0.15, 0.2) is 11.6 Å². The summed E-state index contributed by atoms with van der Waals surface area (Å²) in [5.41, 5.74) is 0.642. The summed E-state index contributed by atoms with van der Waals surface area (Å²) < 4.78 is 31.4. The van der Waals surface area contributed by atoms with E-state index in [9.17, 15) is 8.78 Å². The molecule has 2 aromatic rings. The van der Waals surface area contributed by atoms with E-state index < -0.39 is 11.6 Å². The zero-order chi connectivity index (χ0) is 13.1. The standard InChI is InChI=1S/C14H13ClF2O/c1-2-10-4-6-14(18-10)11(15)7-9-3-5-12(16)13(17)8-9/h3-6,8,11H,2,7H2,1H3. The Kier molecular flexibility index (Phi) is 4.02. The fourth-order valence-corrected chi connectivity index (χ4v) is 2.02. The Labute approximate surface area is 109 Å². The normalized spacial score (nSPS) is 12.7. The first-order valence-corrected chi connectivity index (χ1v) is 6.20. The molecule has 1 nitrogen and oxygen atoms in total. The maximum atomic E-state index is 13.0. The molecule has 2 rings (SSSR count). The van der Waals surface area contributed by atoms with Gasteiger partial charge >= 0.3 is 0 Å². The van der Waals surface area contributed by atoms with Gasteiger partial charge in [-0.25, -0.2) is 8.78 Å². The molecule has 96 valence electrons. The summed E-state index contributed by atoms with van der Waals surface area (Å²) in [6.07, 6.45) is 1.20. The summed E-state index contributed by atoms with van der Waals surface area (Å²) in [5, 5.41) is -0.379. The second-order valence-corrected chi connectivity index (χ2v) is 4.60. The molecular formula is C14H13ClF2O. The second-order valence-electron chi connectivity index (χ2n) is 4.08. The Morgan fingerprint density at radius 1 is 1.17 bits per heavy atom. The Balaban J connectivity index is 2.10. The number of halogens is 3. The lowest BCUT2D eigenvalue weighted by atomic mass is 10.1. The predicted molar refractivity (Wildman–Crippen MR) is 66.7 cm³/mol. The maximum absolute atomic E-state index is 13.0. The van der Waals surface area contributed by atoms with Crippen LogP contribution in [0.3, 0.4) is 0 Å². The number of hydrogen-bond donors (Lipinski definition) is 0. The quantitative estimate of drug-likeness (QED) is 0.738. The van der Waals surface area contributed by atoms with Gasteiger partial charge in [0.2, 0.25) is 0 Å². The molecule has 0 radical (unpaired) electrons. The average Bonchev–Trinajstić information content (AvgIpc) is 2.82. The summed E-state index contributed by atoms with van der Waals surface area (Å²) in [6.45, 7) is 1.99. The molecule has 0 saturated carbocycles. The Morgan fingerprint density at radius 3 is 2.56 bits per heavy atom. The fraction of sp³-hybridized carbons (Fsp3) is 0.286. The molecule has 1 unspecified atom stereocenters. The van der Waals surface area contributed by atoms with Crippen LogP contribution in [0.2, 0.25) is 0 Å². The molecular weight excluding hydrogens is 258 g/mol. The van der Waals surface area contributed by atoms with Crippen molar-refractivity contribution in [1.82, 2.24) is 0 Å². The predicted octanol–water partition coefficient (Wildman–Crippen LogP) is 4.64. The number of rotatable bonds is 4. The molecule has 1 aromatic carbocycles. The Bertz CT molecular complexity index is 536. The molecule has 0 aliphatic heterocycles. The van der Waals surface area contributed by atoms with Crippen LogP contribution < -0.4 is 0 Å². The zero-order valence-corrected chi connectivity index (χ0v) is 10.7. The highest BCUT2D eigenvalue weighted by atomic mass is 35.5. The molecule has 1 atom stereocenters. The van der Waals surface area contributed by atoms with Crippen molar-refractivity contribution in [3.05, 3.63) is 59.1 Å². The number of alkyl halides is 1. The zero-order valence-electron chi connectivity index (χ0n) is 9.92. The van der Waals surface area contributed by atoms with Gasteiger partial charge < -0.3 is 4.42 Å². The van der Waals surface area contributed by atoms with Crippen LogP contribution in [0.15, 0.2) is 34.7 Å². The van der Waals surface area contributed by atoms with Crippen molar-refractivity contribution in [3.8, 4) is 0 Å². The molecule has 0 spiro atoms. The minimum atomic E-state index is -0.856. The lowest BCUT2D eigenvalue weighted by molar-refractivity contribution is 0.463. The minimum Gasteiger partial charge on any atom is -0.465 e. The maximum Gasteiger partial charge on any atom is 0.159 e. The van der Waals surface area contributed by atoms with Crippen LogP contribution >= 0.6 is 11.6 Å². The molecule has 4 heteroatoms. The molecule has 0 aliphatic rings. The van der Waals surface area contributed by atoms with Crippen molar-refractivity contribution < 1.29 is 13.2 Å². The van der Waals surface area contributed by atoms with Crippen LogP contribution in [-0.4, -0.2) is 0 Å². The van der Waals surface area contributed by atoms with Crippen LogP contribution in [0.4, 0.5) is 8.78 Å². The van der Waals surface area contributed by atoms with Gasteiger partial charge in [-0.1, -0.05) is 13.0 Å². The molecule has 0 saturated heterocycles. The van der Waals surface area contributed by atoms with E-state index in [1.807, 2.05) is 19.1 Å². The van der Waals surface area contributed by atoms with Crippen LogP contribution in [0.25, 0.3) is 0 Å². The van der Waals surface area contributed by atoms with Crippen molar-refractivity contribution in [2.75, 3.05) is 0 Å². The summed E-state index contributed by atoms with van der Waals surface area (Å²) >= 11 is 6.19. The third-order valence-corrected chi connectivity index (χ3v) is 3.11. The highest BCUT2D eigenvalue weighted by molar-refractivity contribution is 6.20. The largest absolute Gasteiger partial charge is 0.465 e. The number of aryl methyl sites for hydroxylation is 1. The third kappa shape index (κ3) is 2.91. The van der Waals surface area contributed by atoms with Gasteiger partial charge in [0.05, 0.1) is 5.38 Å². The SMILES string of the molecule is CCc1ccc(C(Cl)Cc2ccc(F)c(F)c2)o1. The molecule has 1 aromatic heterocycles. The summed E-state index contributed by atoms with van der Waals surface area (Å²) in [5.74, 6) is -0.194. The van der Waals surface area contributed by atoms with Crippen LogP contribution in [-0.2, 0) is 12.8 Å². The lowest BCUT2D eigenvalue weighted by Crippen LogP contribution is -1.96. The number of benzene rings is 1. The Hall–Kier alpha value is -1.35. The highest BCUT2D eigenvalue weighted by Crippen LogP contribution is 2.27. The highest BCUT2D eigenvalue weighted by Gasteiger charge is 2.14. The van der Waals surface area contributed by atoms with E-state index in [-0.39, 0.29) is 5.38 Å². The molecule has 0 fully saturated rings. The molecule has 0 amide bonds. The van der Waals surface area contributed by atoms with Gasteiger partial charge in [0.25, 0.3) is 0 Å². The molecule has 0 N–H and O–H groups in total. The van der Waals surface area contributed by atoms with Gasteiger partial charge in [-0.2, -0.15) is 0 Å². The minimum absolute atomic E-state index is 0.379. The summed E-state index contributed by atoms with van der Waals surface area (Å²) in [7, 11) is 0. The van der Waals surface area contributed by atoms with E-state index in [0.29, 0.717) is 17.7 Å². The number of furan rings is 1. The van der Waals surface area contributed by atoms with Crippen LogP contribution in [0.1, 0.15) is 29.4 Å². The average molecular weight is 271 g/mol. The summed E-state index contributed by atoms with van der Waals surface area (Å²) in [6, 6.07) is 7.48. The monoisotopic (exact) mass is 270 g/mol. The van der Waals surface area contributed by atoms with Crippen molar-refractivity contribution >= 4 is 11.6 Å². The number of hydrogen-bond acceptors (Lipinski definition) is 1. The van der Waals surface area contributed by atoms with Crippen LogP contribution in [0.5, 0.6) is 0 Å². The van der Waals surface area contributed by atoms with Gasteiger partial charge in [-0.3, -0.25) is 0 Å². The topological polar surface area (TPSA) is 13.1 Å². The van der Waals surface area contributed by atoms with Gasteiger partial charge in [0, 0.05) is 6.42 Å². The van der Waals surface area contributed by atoms with Crippen molar-refractivity contribution in [1.29, 1.82) is 0 Å². The first-order chi connectivity index (χ1) is 8.60. The molecule has 18 heavy (non-hydrogen) atoms. The fourth-order valence-electron chi connectivity index (χ4n) is 1.73. The van der Waals surface area contributed by atoms with Crippen molar-refractivity contribution in [3.63, 3.8) is 0 Å². The van der Waals surface area contributed by atoms with Gasteiger partial charge in [-0.05, 0) is 36.2 Å². The van der Waals surface area contributed by atoms with Gasteiger partial charge in [0.1, 0.15) is 11.5 Å². The van der Waals surface area contributed by atoms with E-state index in [1.54, 1.807) is 0 Å². The first kappa shape index (κ1) is 13.1. The molecule has 0 aliphatic carbocycles. The lowest BCUT2D eigenvalue weighted by Gasteiger charge is -2.07. The van der Waals surface area contributed by atoms with Gasteiger partial charge in [-0.15, -0.1) is 11.6 Å². The summed E-state index contributed by atoms with van der Waals surface area (Å²) in [4.78, 5) is 0. The third-order valence-electron chi connectivity index (χ3n) is 2.74. The van der Waals surface area contributed by atoms with Crippen molar-refractivity contribution in [2.24, 2.45) is 0 Å². The molecule has 0 bridgehead atoms. The van der Waals surface area contributed by atoms with E-state index in [2.05, 4.69) is 0 Å². The first-order valence-electron chi connectivity index (χ1n) is 5.76. The smallest absolute Gasteiger partial charge is 0.159 e. The van der Waals surface area contributed by atoms with Crippen LogP contribution in [0, 0.1) is 11.6 Å². The van der Waals surface area contributed by atoms with E-state index in [1.165, 1.54) is 6.07 Å². The second kappa shape index (κ2) is 5.53. The van der Waals surface area contributed by atoms with E-state index >= 15 is 0 Å².